The number of carbonyl (C=O) groups excluding carboxylic acids is 1. The van der Waals surface area contributed by atoms with Gasteiger partial charge in [0.05, 0.1) is 35.6 Å². The highest BCUT2D eigenvalue weighted by Gasteiger charge is 2.21. The van der Waals surface area contributed by atoms with Crippen LogP contribution in [0.15, 0.2) is 42.7 Å². The Balaban J connectivity index is 1.58. The SMILES string of the molecule is Cc1nc2nnc3ccc(C(=O)Nc4cccnc4)cc3c2n1CC1CCCO1. The van der Waals surface area contributed by atoms with Crippen molar-refractivity contribution in [2.75, 3.05) is 11.9 Å². The zero-order chi connectivity index (χ0) is 19.8. The van der Waals surface area contributed by atoms with Crippen molar-refractivity contribution in [3.8, 4) is 0 Å². The number of amides is 1. The zero-order valence-corrected chi connectivity index (χ0v) is 16.0. The van der Waals surface area contributed by atoms with E-state index in [9.17, 15) is 4.79 Å². The van der Waals surface area contributed by atoms with Crippen molar-refractivity contribution in [2.24, 2.45) is 0 Å². The summed E-state index contributed by atoms with van der Waals surface area (Å²) >= 11 is 0. The predicted molar refractivity (Wildman–Crippen MR) is 109 cm³/mol. The summed E-state index contributed by atoms with van der Waals surface area (Å²) in [4.78, 5) is 21.3. The molecule has 1 fully saturated rings. The Labute approximate surface area is 166 Å². The van der Waals surface area contributed by atoms with Gasteiger partial charge in [-0.15, -0.1) is 10.2 Å². The Morgan fingerprint density at radius 1 is 1.31 bits per heavy atom. The molecule has 1 N–H and O–H groups in total. The molecule has 0 radical (unpaired) electrons. The number of hydrogen-bond donors (Lipinski definition) is 1. The van der Waals surface area contributed by atoms with Crippen molar-refractivity contribution in [3.63, 3.8) is 0 Å². The van der Waals surface area contributed by atoms with Crippen LogP contribution in [-0.4, -0.2) is 43.4 Å². The van der Waals surface area contributed by atoms with E-state index in [1.165, 1.54) is 0 Å². The van der Waals surface area contributed by atoms with Crippen molar-refractivity contribution in [3.05, 3.63) is 54.1 Å². The topological polar surface area (TPSA) is 94.8 Å². The zero-order valence-electron chi connectivity index (χ0n) is 16.0. The molecule has 146 valence electrons. The molecule has 0 saturated carbocycles. The fourth-order valence-electron chi connectivity index (χ4n) is 3.80. The summed E-state index contributed by atoms with van der Waals surface area (Å²) in [5.74, 6) is 0.661. The number of carbonyl (C=O) groups is 1. The lowest BCUT2D eigenvalue weighted by molar-refractivity contribution is 0.0974. The van der Waals surface area contributed by atoms with Gasteiger partial charge >= 0.3 is 0 Å². The largest absolute Gasteiger partial charge is 0.376 e. The summed E-state index contributed by atoms with van der Waals surface area (Å²) in [6.45, 7) is 3.48. The molecule has 4 heterocycles. The second-order valence-corrected chi connectivity index (χ2v) is 7.20. The first-order valence-electron chi connectivity index (χ1n) is 9.65. The first kappa shape index (κ1) is 17.7. The molecule has 1 aliphatic heterocycles. The Morgan fingerprint density at radius 3 is 3.03 bits per heavy atom. The summed E-state index contributed by atoms with van der Waals surface area (Å²) in [6, 6.07) is 9.00. The summed E-state index contributed by atoms with van der Waals surface area (Å²) in [5.41, 5.74) is 3.38. The molecular weight excluding hydrogens is 368 g/mol. The maximum Gasteiger partial charge on any atom is 0.255 e. The van der Waals surface area contributed by atoms with Crippen molar-refractivity contribution in [1.82, 2.24) is 24.7 Å². The number of hydrogen-bond acceptors (Lipinski definition) is 6. The van der Waals surface area contributed by atoms with Gasteiger partial charge < -0.3 is 14.6 Å². The molecule has 1 aromatic carbocycles. The predicted octanol–water partition coefficient (Wildman–Crippen LogP) is 3.11. The monoisotopic (exact) mass is 388 g/mol. The van der Waals surface area contributed by atoms with Crippen molar-refractivity contribution >= 4 is 33.7 Å². The van der Waals surface area contributed by atoms with Crippen molar-refractivity contribution < 1.29 is 9.53 Å². The van der Waals surface area contributed by atoms with Crippen LogP contribution in [0.2, 0.25) is 0 Å². The summed E-state index contributed by atoms with van der Waals surface area (Å²) in [6.07, 6.45) is 5.57. The van der Waals surface area contributed by atoms with Gasteiger partial charge in [0.1, 0.15) is 5.82 Å². The van der Waals surface area contributed by atoms with Gasteiger partial charge in [0.15, 0.2) is 0 Å². The smallest absolute Gasteiger partial charge is 0.255 e. The van der Waals surface area contributed by atoms with E-state index in [0.29, 0.717) is 16.9 Å². The number of aryl methyl sites for hydroxylation is 1. The summed E-state index contributed by atoms with van der Waals surface area (Å²) in [7, 11) is 0. The van der Waals surface area contributed by atoms with Crippen LogP contribution in [0, 0.1) is 6.92 Å². The minimum atomic E-state index is -0.202. The van der Waals surface area contributed by atoms with Gasteiger partial charge in [-0.3, -0.25) is 9.78 Å². The third-order valence-electron chi connectivity index (χ3n) is 5.24. The Hall–Kier alpha value is -3.39. The third-order valence-corrected chi connectivity index (χ3v) is 5.24. The van der Waals surface area contributed by atoms with Crippen LogP contribution >= 0.6 is 0 Å². The molecular formula is C21H20N6O2. The minimum Gasteiger partial charge on any atom is -0.376 e. The summed E-state index contributed by atoms with van der Waals surface area (Å²) < 4.78 is 7.95. The number of anilines is 1. The second-order valence-electron chi connectivity index (χ2n) is 7.20. The van der Waals surface area contributed by atoms with Gasteiger partial charge in [-0.25, -0.2) is 4.98 Å². The minimum absolute atomic E-state index is 0.173. The average molecular weight is 388 g/mol. The van der Waals surface area contributed by atoms with Gasteiger partial charge in [0.25, 0.3) is 5.91 Å². The van der Waals surface area contributed by atoms with E-state index >= 15 is 0 Å². The molecule has 8 nitrogen and oxygen atoms in total. The first-order chi connectivity index (χ1) is 14.2. The average Bonchev–Trinajstić information content (AvgIpc) is 3.36. The number of nitrogens with one attached hydrogen (secondary N) is 1. The Morgan fingerprint density at radius 2 is 2.24 bits per heavy atom. The van der Waals surface area contributed by atoms with Gasteiger partial charge in [0, 0.05) is 23.8 Å². The molecule has 8 heteroatoms. The number of imidazole rings is 1. The fraction of sp³-hybridized carbons (Fsp3) is 0.286. The lowest BCUT2D eigenvalue weighted by Crippen LogP contribution is -2.16. The molecule has 29 heavy (non-hydrogen) atoms. The number of benzene rings is 1. The Bertz CT molecular complexity index is 1200. The van der Waals surface area contributed by atoms with Crippen LogP contribution in [0.5, 0.6) is 0 Å². The highest BCUT2D eigenvalue weighted by Crippen LogP contribution is 2.26. The van der Waals surface area contributed by atoms with Crippen LogP contribution in [0.25, 0.3) is 22.1 Å². The Kier molecular flexibility index (Phi) is 4.40. The van der Waals surface area contributed by atoms with E-state index in [4.69, 9.17) is 4.74 Å². The highest BCUT2D eigenvalue weighted by molar-refractivity contribution is 6.09. The normalized spacial score (nSPS) is 16.5. The molecule has 4 aromatic rings. The van der Waals surface area contributed by atoms with Crippen molar-refractivity contribution in [1.29, 1.82) is 0 Å². The number of fused-ring (bicyclic) bond motifs is 3. The molecule has 5 rings (SSSR count). The number of ether oxygens (including phenoxy) is 1. The fourth-order valence-corrected chi connectivity index (χ4v) is 3.80. The quantitative estimate of drug-likeness (QED) is 0.577. The molecule has 1 atom stereocenters. The maximum absolute atomic E-state index is 12.7. The summed E-state index contributed by atoms with van der Waals surface area (Å²) in [5, 5.41) is 12.3. The number of pyridine rings is 1. The number of nitrogens with zero attached hydrogens (tertiary/aromatic N) is 5. The lowest BCUT2D eigenvalue weighted by atomic mass is 10.1. The van der Waals surface area contributed by atoms with Crippen LogP contribution in [-0.2, 0) is 11.3 Å². The molecule has 1 aliphatic rings. The standard InChI is InChI=1S/C21H20N6O2/c1-13-23-20-19(27(13)12-16-5-3-9-29-16)17-10-14(6-7-18(17)25-26-20)21(28)24-15-4-2-8-22-11-15/h2,4,6-8,10-11,16H,3,5,9,12H2,1H3,(H,24,28). The number of aromatic nitrogens is 5. The van der Waals surface area contributed by atoms with E-state index < -0.39 is 0 Å². The van der Waals surface area contributed by atoms with E-state index in [1.807, 2.05) is 19.1 Å². The van der Waals surface area contributed by atoms with E-state index in [1.54, 1.807) is 30.6 Å². The van der Waals surface area contributed by atoms with Gasteiger partial charge in [-0.2, -0.15) is 0 Å². The van der Waals surface area contributed by atoms with Gasteiger partial charge in [0.2, 0.25) is 5.65 Å². The van der Waals surface area contributed by atoms with Crippen molar-refractivity contribution in [2.45, 2.75) is 32.4 Å². The lowest BCUT2D eigenvalue weighted by Gasteiger charge is -2.13. The molecule has 0 aliphatic carbocycles. The van der Waals surface area contributed by atoms with Crippen LogP contribution < -0.4 is 5.32 Å². The van der Waals surface area contributed by atoms with E-state index in [2.05, 4.69) is 30.0 Å². The molecule has 0 spiro atoms. The molecule has 1 unspecified atom stereocenters. The van der Waals surface area contributed by atoms with Crippen LogP contribution in [0.1, 0.15) is 29.0 Å². The van der Waals surface area contributed by atoms with Crippen LogP contribution in [0.4, 0.5) is 5.69 Å². The van der Waals surface area contributed by atoms with Gasteiger partial charge in [-0.1, -0.05) is 0 Å². The molecule has 1 saturated heterocycles. The number of rotatable bonds is 4. The molecule has 1 amide bonds. The maximum atomic E-state index is 12.7. The first-order valence-corrected chi connectivity index (χ1v) is 9.65. The van der Waals surface area contributed by atoms with E-state index in [-0.39, 0.29) is 12.0 Å². The van der Waals surface area contributed by atoms with Gasteiger partial charge in [-0.05, 0) is 50.1 Å². The van der Waals surface area contributed by atoms with E-state index in [0.717, 1.165) is 48.2 Å². The highest BCUT2D eigenvalue weighted by atomic mass is 16.5. The molecule has 3 aromatic heterocycles. The van der Waals surface area contributed by atoms with Crippen LogP contribution in [0.3, 0.4) is 0 Å². The molecule has 0 bridgehead atoms. The third kappa shape index (κ3) is 3.31. The second kappa shape index (κ2) is 7.21.